The predicted molar refractivity (Wildman–Crippen MR) is 105 cm³/mol. The highest BCUT2D eigenvalue weighted by atomic mass is 19.1. The summed E-state index contributed by atoms with van der Waals surface area (Å²) in [6.45, 7) is 7.68. The van der Waals surface area contributed by atoms with Gasteiger partial charge >= 0.3 is 0 Å². The van der Waals surface area contributed by atoms with Gasteiger partial charge in [0.05, 0.1) is 12.5 Å². The Kier molecular flexibility index (Phi) is 7.11. The van der Waals surface area contributed by atoms with Crippen LogP contribution in [0.2, 0.25) is 0 Å². The lowest BCUT2D eigenvalue weighted by atomic mass is 9.88. The number of halogens is 1. The molecule has 0 aromatic heterocycles. The number of likely N-dealkylation sites (tertiary alicyclic amines) is 1. The van der Waals surface area contributed by atoms with Crippen LogP contribution in [0, 0.1) is 23.6 Å². The van der Waals surface area contributed by atoms with Gasteiger partial charge in [0.1, 0.15) is 11.6 Å². The van der Waals surface area contributed by atoms with Crippen LogP contribution in [-0.2, 0) is 4.79 Å². The molecular weight excluding hydrogens is 343 g/mol. The van der Waals surface area contributed by atoms with E-state index in [-0.39, 0.29) is 23.6 Å². The summed E-state index contributed by atoms with van der Waals surface area (Å²) in [5.41, 5.74) is 0. The van der Waals surface area contributed by atoms with Gasteiger partial charge in [-0.2, -0.15) is 0 Å². The molecule has 0 unspecified atom stereocenters. The largest absolute Gasteiger partial charge is 0.493 e. The second kappa shape index (κ2) is 9.54. The highest BCUT2D eigenvalue weighted by molar-refractivity contribution is 5.79. The molecule has 1 aromatic rings. The van der Waals surface area contributed by atoms with E-state index in [1.165, 1.54) is 25.0 Å². The van der Waals surface area contributed by atoms with Crippen LogP contribution in [0.4, 0.5) is 4.39 Å². The first-order valence-corrected chi connectivity index (χ1v) is 10.4. The molecule has 2 atom stereocenters. The minimum Gasteiger partial charge on any atom is -0.493 e. The Bertz CT molecular complexity index is 616. The molecule has 1 aliphatic heterocycles. The van der Waals surface area contributed by atoms with Gasteiger partial charge in [-0.3, -0.25) is 4.79 Å². The fraction of sp³-hybridized carbons (Fsp3) is 0.682. The highest BCUT2D eigenvalue weighted by Crippen LogP contribution is 2.26. The Morgan fingerprint density at radius 2 is 2.07 bits per heavy atom. The number of carbonyl (C=O) groups excluding carboxylic acids is 1. The van der Waals surface area contributed by atoms with E-state index in [1.54, 1.807) is 12.1 Å². The molecule has 5 heteroatoms. The number of piperidine rings is 1. The van der Waals surface area contributed by atoms with E-state index >= 15 is 0 Å². The van der Waals surface area contributed by atoms with E-state index in [2.05, 4.69) is 24.1 Å². The second-order valence-electron chi connectivity index (χ2n) is 8.67. The zero-order valence-corrected chi connectivity index (χ0v) is 16.6. The summed E-state index contributed by atoms with van der Waals surface area (Å²) in [7, 11) is 0. The fourth-order valence-electron chi connectivity index (χ4n) is 4.44. The summed E-state index contributed by atoms with van der Waals surface area (Å²) in [6, 6.07) is 6.64. The van der Waals surface area contributed by atoms with Crippen molar-refractivity contribution >= 4 is 5.91 Å². The number of ether oxygens (including phenoxy) is 1. The molecular formula is C22H33FN2O2. The van der Waals surface area contributed by atoms with E-state index in [0.717, 1.165) is 38.9 Å². The van der Waals surface area contributed by atoms with Crippen molar-refractivity contribution in [3.05, 3.63) is 30.1 Å². The van der Waals surface area contributed by atoms with Crippen molar-refractivity contribution in [2.45, 2.75) is 52.0 Å². The Morgan fingerprint density at radius 1 is 1.30 bits per heavy atom. The van der Waals surface area contributed by atoms with Gasteiger partial charge in [0, 0.05) is 37.7 Å². The monoisotopic (exact) mass is 376 g/mol. The van der Waals surface area contributed by atoms with Gasteiger partial charge in [0.25, 0.3) is 0 Å². The van der Waals surface area contributed by atoms with Crippen molar-refractivity contribution in [1.29, 1.82) is 0 Å². The predicted octanol–water partition coefficient (Wildman–Crippen LogP) is 3.86. The summed E-state index contributed by atoms with van der Waals surface area (Å²) < 4.78 is 19.2. The smallest absolute Gasteiger partial charge is 0.224 e. The molecule has 1 saturated heterocycles. The molecule has 1 N–H and O–H groups in total. The number of nitrogens with one attached hydrogen (secondary N) is 1. The molecule has 3 rings (SSSR count). The van der Waals surface area contributed by atoms with Crippen molar-refractivity contribution in [3.8, 4) is 5.75 Å². The van der Waals surface area contributed by atoms with Gasteiger partial charge in [-0.25, -0.2) is 4.39 Å². The third-order valence-electron chi connectivity index (χ3n) is 5.59. The number of carbonyl (C=O) groups is 1. The zero-order chi connectivity index (χ0) is 19.2. The maximum Gasteiger partial charge on any atom is 0.224 e. The lowest BCUT2D eigenvalue weighted by Crippen LogP contribution is -2.49. The SMILES string of the molecule is CC(C)CN1C[C@@H](COc2cccc(F)c2)C[C@@H](C(=O)NC2CCCC2)C1. The standard InChI is InChI=1S/C22H33FN2O2/c1-16(2)12-25-13-17(15-27-21-9-5-6-19(23)11-21)10-18(14-25)22(26)24-20-7-3-4-8-20/h5-6,9,11,16-18,20H,3-4,7-8,10,12-15H2,1-2H3,(H,24,26)/t17-,18+/m0/s1. The number of hydrogen-bond donors (Lipinski definition) is 1. The summed E-state index contributed by atoms with van der Waals surface area (Å²) >= 11 is 0. The molecule has 2 aliphatic rings. The van der Waals surface area contributed by atoms with Crippen molar-refractivity contribution in [1.82, 2.24) is 10.2 Å². The number of benzene rings is 1. The van der Waals surface area contributed by atoms with Crippen LogP contribution in [0.25, 0.3) is 0 Å². The highest BCUT2D eigenvalue weighted by Gasteiger charge is 2.33. The third kappa shape index (κ3) is 6.20. The topological polar surface area (TPSA) is 41.6 Å². The van der Waals surface area contributed by atoms with Crippen LogP contribution >= 0.6 is 0 Å². The summed E-state index contributed by atoms with van der Waals surface area (Å²) in [4.78, 5) is 15.2. The Hall–Kier alpha value is -1.62. The molecule has 0 spiro atoms. The zero-order valence-electron chi connectivity index (χ0n) is 16.6. The fourth-order valence-corrected chi connectivity index (χ4v) is 4.44. The average Bonchev–Trinajstić information content (AvgIpc) is 3.12. The van der Waals surface area contributed by atoms with E-state index in [0.29, 0.717) is 24.3 Å². The first-order chi connectivity index (χ1) is 13.0. The van der Waals surface area contributed by atoms with E-state index in [1.807, 2.05) is 0 Å². The first-order valence-electron chi connectivity index (χ1n) is 10.4. The van der Waals surface area contributed by atoms with Crippen LogP contribution < -0.4 is 10.1 Å². The van der Waals surface area contributed by atoms with Crippen LogP contribution in [0.5, 0.6) is 5.75 Å². The van der Waals surface area contributed by atoms with Crippen molar-refractivity contribution in [2.75, 3.05) is 26.2 Å². The molecule has 1 aromatic carbocycles. The molecule has 27 heavy (non-hydrogen) atoms. The van der Waals surface area contributed by atoms with Gasteiger partial charge in [-0.05, 0) is 37.3 Å². The van der Waals surface area contributed by atoms with Gasteiger partial charge in [-0.15, -0.1) is 0 Å². The van der Waals surface area contributed by atoms with Crippen molar-refractivity contribution < 1.29 is 13.9 Å². The van der Waals surface area contributed by atoms with Gasteiger partial charge in [0.15, 0.2) is 0 Å². The average molecular weight is 377 g/mol. The quantitative estimate of drug-likeness (QED) is 0.786. The maximum absolute atomic E-state index is 13.4. The summed E-state index contributed by atoms with van der Waals surface area (Å²) in [6.07, 6.45) is 5.50. The van der Waals surface area contributed by atoms with Crippen molar-refractivity contribution in [3.63, 3.8) is 0 Å². The summed E-state index contributed by atoms with van der Waals surface area (Å²) in [5.74, 6) is 1.33. The van der Waals surface area contributed by atoms with E-state index in [9.17, 15) is 9.18 Å². The minimum atomic E-state index is -0.286. The Balaban J connectivity index is 1.58. The van der Waals surface area contributed by atoms with Gasteiger partial charge < -0.3 is 15.0 Å². The lowest BCUT2D eigenvalue weighted by molar-refractivity contribution is -0.128. The third-order valence-corrected chi connectivity index (χ3v) is 5.59. The number of nitrogens with zero attached hydrogens (tertiary/aromatic N) is 1. The lowest BCUT2D eigenvalue weighted by Gasteiger charge is -2.38. The normalized spacial score (nSPS) is 24.3. The molecule has 0 radical (unpaired) electrons. The van der Waals surface area contributed by atoms with Crippen LogP contribution in [-0.4, -0.2) is 43.1 Å². The van der Waals surface area contributed by atoms with Crippen LogP contribution in [0.3, 0.4) is 0 Å². The molecule has 1 amide bonds. The molecule has 1 saturated carbocycles. The minimum absolute atomic E-state index is 0.0132. The maximum atomic E-state index is 13.4. The Labute approximate surface area is 162 Å². The van der Waals surface area contributed by atoms with Crippen LogP contribution in [0.1, 0.15) is 46.0 Å². The number of hydrogen-bond acceptors (Lipinski definition) is 3. The Morgan fingerprint density at radius 3 is 2.78 bits per heavy atom. The molecule has 2 fully saturated rings. The second-order valence-corrected chi connectivity index (χ2v) is 8.67. The molecule has 4 nitrogen and oxygen atoms in total. The molecule has 1 aliphatic carbocycles. The van der Waals surface area contributed by atoms with E-state index < -0.39 is 0 Å². The van der Waals surface area contributed by atoms with Crippen molar-refractivity contribution in [2.24, 2.45) is 17.8 Å². The van der Waals surface area contributed by atoms with Gasteiger partial charge in [0.2, 0.25) is 5.91 Å². The van der Waals surface area contributed by atoms with Crippen LogP contribution in [0.15, 0.2) is 24.3 Å². The summed E-state index contributed by atoms with van der Waals surface area (Å²) in [5, 5.41) is 3.27. The first kappa shape index (κ1) is 20.1. The number of rotatable bonds is 7. The van der Waals surface area contributed by atoms with Gasteiger partial charge in [-0.1, -0.05) is 32.8 Å². The number of amides is 1. The molecule has 150 valence electrons. The molecule has 0 bridgehead atoms. The van der Waals surface area contributed by atoms with E-state index in [4.69, 9.17) is 4.74 Å². The molecule has 1 heterocycles.